The second-order valence-electron chi connectivity index (χ2n) is 4.44. The first kappa shape index (κ1) is 14.2. The summed E-state index contributed by atoms with van der Waals surface area (Å²) in [6, 6.07) is 0. The van der Waals surface area contributed by atoms with Gasteiger partial charge in [-0.25, -0.2) is 0 Å². The van der Waals surface area contributed by atoms with Gasteiger partial charge in [0.15, 0.2) is 0 Å². The fourth-order valence-corrected chi connectivity index (χ4v) is 1.57. The third kappa shape index (κ3) is 5.60. The van der Waals surface area contributed by atoms with Crippen molar-refractivity contribution in [1.82, 2.24) is 0 Å². The molecular formula is C13H24O2. The van der Waals surface area contributed by atoms with E-state index in [4.69, 9.17) is 5.11 Å². The Bertz CT molecular complexity index is 199. The van der Waals surface area contributed by atoms with Gasteiger partial charge in [0.25, 0.3) is 0 Å². The van der Waals surface area contributed by atoms with Gasteiger partial charge in [-0.3, -0.25) is 4.79 Å². The standard InChI is InChI=1S/C13H24O2/c1-4-6-7-8-9-10-11-13(3,5-2)12(14)15/h5H,2,4,6-11H2,1,3H3,(H,14,15). The number of rotatable bonds is 9. The highest BCUT2D eigenvalue weighted by Crippen LogP contribution is 2.26. The van der Waals surface area contributed by atoms with Gasteiger partial charge in [0.1, 0.15) is 0 Å². The summed E-state index contributed by atoms with van der Waals surface area (Å²) < 4.78 is 0. The third-order valence-corrected chi connectivity index (χ3v) is 2.99. The third-order valence-electron chi connectivity index (χ3n) is 2.99. The molecule has 0 bridgehead atoms. The zero-order valence-electron chi connectivity index (χ0n) is 10.1. The first-order valence-electron chi connectivity index (χ1n) is 5.94. The van der Waals surface area contributed by atoms with Crippen LogP contribution in [-0.2, 0) is 4.79 Å². The molecule has 1 atom stereocenters. The molecule has 0 aliphatic heterocycles. The van der Waals surface area contributed by atoms with Crippen molar-refractivity contribution in [3.05, 3.63) is 12.7 Å². The molecule has 0 saturated carbocycles. The van der Waals surface area contributed by atoms with E-state index in [-0.39, 0.29) is 0 Å². The van der Waals surface area contributed by atoms with E-state index in [2.05, 4.69) is 13.5 Å². The molecule has 0 fully saturated rings. The van der Waals surface area contributed by atoms with Gasteiger partial charge in [-0.1, -0.05) is 51.5 Å². The summed E-state index contributed by atoms with van der Waals surface area (Å²) in [5.74, 6) is -0.758. The molecule has 0 rings (SSSR count). The summed E-state index contributed by atoms with van der Waals surface area (Å²) in [4.78, 5) is 10.9. The molecule has 0 aromatic carbocycles. The van der Waals surface area contributed by atoms with Gasteiger partial charge in [-0.05, 0) is 13.3 Å². The number of carbonyl (C=O) groups is 1. The van der Waals surface area contributed by atoms with Crippen LogP contribution in [0.25, 0.3) is 0 Å². The second-order valence-corrected chi connectivity index (χ2v) is 4.44. The van der Waals surface area contributed by atoms with E-state index in [1.165, 1.54) is 25.7 Å². The topological polar surface area (TPSA) is 37.3 Å². The zero-order valence-corrected chi connectivity index (χ0v) is 10.1. The molecule has 15 heavy (non-hydrogen) atoms. The fraction of sp³-hybridized carbons (Fsp3) is 0.769. The molecule has 0 heterocycles. The van der Waals surface area contributed by atoms with E-state index >= 15 is 0 Å². The quantitative estimate of drug-likeness (QED) is 0.463. The largest absolute Gasteiger partial charge is 0.481 e. The lowest BCUT2D eigenvalue weighted by Gasteiger charge is -2.19. The minimum Gasteiger partial charge on any atom is -0.481 e. The Morgan fingerprint density at radius 2 is 1.80 bits per heavy atom. The van der Waals surface area contributed by atoms with E-state index in [9.17, 15) is 4.79 Å². The summed E-state index contributed by atoms with van der Waals surface area (Å²) >= 11 is 0. The van der Waals surface area contributed by atoms with Gasteiger partial charge in [0.05, 0.1) is 5.41 Å². The maximum atomic E-state index is 10.9. The number of unbranched alkanes of at least 4 members (excludes halogenated alkanes) is 5. The molecule has 2 heteroatoms. The van der Waals surface area contributed by atoms with Crippen molar-refractivity contribution in [1.29, 1.82) is 0 Å². The molecule has 0 spiro atoms. The second kappa shape index (κ2) is 7.49. The van der Waals surface area contributed by atoms with Gasteiger partial charge >= 0.3 is 5.97 Å². The summed E-state index contributed by atoms with van der Waals surface area (Å²) in [6.45, 7) is 7.54. The smallest absolute Gasteiger partial charge is 0.313 e. The van der Waals surface area contributed by atoms with Crippen molar-refractivity contribution in [2.45, 2.75) is 58.8 Å². The van der Waals surface area contributed by atoms with Crippen molar-refractivity contribution in [3.63, 3.8) is 0 Å². The fourth-order valence-electron chi connectivity index (χ4n) is 1.57. The van der Waals surface area contributed by atoms with Gasteiger partial charge in [0, 0.05) is 0 Å². The van der Waals surface area contributed by atoms with Crippen LogP contribution in [0, 0.1) is 5.41 Å². The van der Waals surface area contributed by atoms with Crippen LogP contribution in [0.4, 0.5) is 0 Å². The van der Waals surface area contributed by atoms with Crippen molar-refractivity contribution in [2.75, 3.05) is 0 Å². The van der Waals surface area contributed by atoms with Crippen LogP contribution in [-0.4, -0.2) is 11.1 Å². The van der Waals surface area contributed by atoms with Gasteiger partial charge in [-0.15, -0.1) is 6.58 Å². The first-order chi connectivity index (χ1) is 7.06. The molecule has 0 saturated heterocycles. The Balaban J connectivity index is 3.64. The van der Waals surface area contributed by atoms with Crippen LogP contribution in [0.15, 0.2) is 12.7 Å². The highest BCUT2D eigenvalue weighted by molar-refractivity contribution is 5.76. The maximum Gasteiger partial charge on any atom is 0.313 e. The van der Waals surface area contributed by atoms with Crippen molar-refractivity contribution in [2.24, 2.45) is 5.41 Å². The van der Waals surface area contributed by atoms with Crippen molar-refractivity contribution < 1.29 is 9.90 Å². The Kier molecular flexibility index (Phi) is 7.10. The molecule has 2 nitrogen and oxygen atoms in total. The normalized spacial score (nSPS) is 14.5. The Labute approximate surface area is 93.4 Å². The molecule has 1 unspecified atom stereocenters. The number of hydrogen-bond acceptors (Lipinski definition) is 1. The number of aliphatic carboxylic acids is 1. The van der Waals surface area contributed by atoms with E-state index in [1.807, 2.05) is 0 Å². The van der Waals surface area contributed by atoms with Crippen LogP contribution in [0.2, 0.25) is 0 Å². The maximum absolute atomic E-state index is 10.9. The Hall–Kier alpha value is -0.790. The van der Waals surface area contributed by atoms with Crippen LogP contribution < -0.4 is 0 Å². The lowest BCUT2D eigenvalue weighted by atomic mass is 9.85. The predicted octanol–water partition coefficient (Wildman–Crippen LogP) is 4.01. The van der Waals surface area contributed by atoms with Crippen molar-refractivity contribution in [3.8, 4) is 0 Å². The minimum atomic E-state index is -0.758. The molecule has 0 aromatic rings. The van der Waals surface area contributed by atoms with E-state index in [0.717, 1.165) is 12.8 Å². The van der Waals surface area contributed by atoms with Crippen LogP contribution in [0.3, 0.4) is 0 Å². The molecule has 88 valence electrons. The average Bonchev–Trinajstić information content (AvgIpc) is 2.22. The minimum absolute atomic E-state index is 0.706. The van der Waals surface area contributed by atoms with E-state index in [0.29, 0.717) is 6.42 Å². The van der Waals surface area contributed by atoms with Gasteiger partial charge in [-0.2, -0.15) is 0 Å². The predicted molar refractivity (Wildman–Crippen MR) is 63.9 cm³/mol. The van der Waals surface area contributed by atoms with Crippen LogP contribution >= 0.6 is 0 Å². The molecule has 0 aromatic heterocycles. The van der Waals surface area contributed by atoms with E-state index in [1.54, 1.807) is 13.0 Å². The van der Waals surface area contributed by atoms with Gasteiger partial charge < -0.3 is 5.11 Å². The SMILES string of the molecule is C=CC(C)(CCCCCCCC)C(=O)O. The summed E-state index contributed by atoms with van der Waals surface area (Å²) in [5, 5.41) is 9.00. The Morgan fingerprint density at radius 1 is 1.27 bits per heavy atom. The summed E-state index contributed by atoms with van der Waals surface area (Å²) in [7, 11) is 0. The molecule has 0 aliphatic carbocycles. The number of hydrogen-bond donors (Lipinski definition) is 1. The van der Waals surface area contributed by atoms with E-state index < -0.39 is 11.4 Å². The molecule has 0 amide bonds. The van der Waals surface area contributed by atoms with Crippen molar-refractivity contribution >= 4 is 5.97 Å². The van der Waals surface area contributed by atoms with Crippen LogP contribution in [0.1, 0.15) is 58.8 Å². The Morgan fingerprint density at radius 3 is 2.27 bits per heavy atom. The highest BCUT2D eigenvalue weighted by Gasteiger charge is 2.28. The summed E-state index contributed by atoms with van der Waals surface area (Å²) in [5.41, 5.74) is -0.731. The molecular weight excluding hydrogens is 188 g/mol. The average molecular weight is 212 g/mol. The van der Waals surface area contributed by atoms with Crippen LogP contribution in [0.5, 0.6) is 0 Å². The lowest BCUT2D eigenvalue weighted by molar-refractivity contribution is -0.145. The molecule has 1 N–H and O–H groups in total. The summed E-state index contributed by atoms with van der Waals surface area (Å²) in [6.07, 6.45) is 9.42. The zero-order chi connectivity index (χ0) is 11.7. The molecule has 0 radical (unpaired) electrons. The number of carboxylic acid groups (broad SMARTS) is 1. The number of carboxylic acids is 1. The lowest BCUT2D eigenvalue weighted by Crippen LogP contribution is -2.24. The molecule has 0 aliphatic rings. The van der Waals surface area contributed by atoms with Gasteiger partial charge in [0.2, 0.25) is 0 Å². The monoisotopic (exact) mass is 212 g/mol. The first-order valence-corrected chi connectivity index (χ1v) is 5.94. The highest BCUT2D eigenvalue weighted by atomic mass is 16.4.